The fourth-order valence-corrected chi connectivity index (χ4v) is 2.05. The number of aromatic nitrogens is 2. The first-order chi connectivity index (χ1) is 10.2. The molecule has 21 heavy (non-hydrogen) atoms. The van der Waals surface area contributed by atoms with Gasteiger partial charge in [0.25, 0.3) is 0 Å². The summed E-state index contributed by atoms with van der Waals surface area (Å²) in [7, 11) is 1.65. The summed E-state index contributed by atoms with van der Waals surface area (Å²) in [6.45, 7) is 2.04. The number of ether oxygens (including phenoxy) is 2. The van der Waals surface area contributed by atoms with Gasteiger partial charge >= 0.3 is 0 Å². The number of rotatable bonds is 4. The molecule has 106 valence electrons. The van der Waals surface area contributed by atoms with Gasteiger partial charge in [-0.25, -0.2) is 4.68 Å². The smallest absolute Gasteiger partial charge is 0.165 e. The first-order valence-electron chi connectivity index (χ1n) is 6.68. The van der Waals surface area contributed by atoms with Crippen LogP contribution in [-0.4, -0.2) is 16.9 Å². The fourth-order valence-electron chi connectivity index (χ4n) is 2.05. The van der Waals surface area contributed by atoms with Gasteiger partial charge in [0, 0.05) is 0 Å². The van der Waals surface area contributed by atoms with Gasteiger partial charge in [-0.05, 0) is 48.9 Å². The summed E-state index contributed by atoms with van der Waals surface area (Å²) in [5.41, 5.74) is 2.12. The molecule has 0 spiro atoms. The van der Waals surface area contributed by atoms with E-state index < -0.39 is 0 Å². The SMILES string of the molecule is COc1ccc(-n2cc(Oc3cccc(C)c3)cn2)cc1. The highest BCUT2D eigenvalue weighted by molar-refractivity contribution is 5.38. The normalized spacial score (nSPS) is 10.4. The Bertz CT molecular complexity index is 733. The Kier molecular flexibility index (Phi) is 3.60. The first-order valence-corrected chi connectivity index (χ1v) is 6.68. The average molecular weight is 280 g/mol. The van der Waals surface area contributed by atoms with Crippen LogP contribution in [0.15, 0.2) is 60.9 Å². The first kappa shape index (κ1) is 13.2. The molecule has 0 atom stereocenters. The van der Waals surface area contributed by atoms with Crippen LogP contribution in [0.4, 0.5) is 0 Å². The minimum absolute atomic E-state index is 0.705. The predicted octanol–water partition coefficient (Wildman–Crippen LogP) is 3.98. The lowest BCUT2D eigenvalue weighted by molar-refractivity contribution is 0.414. The van der Waals surface area contributed by atoms with Gasteiger partial charge in [0.05, 0.1) is 25.2 Å². The van der Waals surface area contributed by atoms with E-state index in [0.29, 0.717) is 5.75 Å². The van der Waals surface area contributed by atoms with Crippen molar-refractivity contribution in [1.29, 1.82) is 0 Å². The van der Waals surface area contributed by atoms with E-state index in [1.54, 1.807) is 18.0 Å². The van der Waals surface area contributed by atoms with Crippen molar-refractivity contribution in [2.24, 2.45) is 0 Å². The maximum atomic E-state index is 5.80. The Hall–Kier alpha value is -2.75. The summed E-state index contributed by atoms with van der Waals surface area (Å²) in [5, 5.41) is 4.31. The lowest BCUT2D eigenvalue weighted by atomic mass is 10.2. The van der Waals surface area contributed by atoms with Crippen molar-refractivity contribution < 1.29 is 9.47 Å². The molecule has 0 N–H and O–H groups in total. The zero-order valence-electron chi connectivity index (χ0n) is 12.0. The quantitative estimate of drug-likeness (QED) is 0.725. The third kappa shape index (κ3) is 3.05. The Labute approximate surface area is 123 Å². The molecule has 0 unspecified atom stereocenters. The largest absolute Gasteiger partial charge is 0.497 e. The van der Waals surface area contributed by atoms with Gasteiger partial charge in [-0.2, -0.15) is 5.10 Å². The molecule has 0 saturated carbocycles. The van der Waals surface area contributed by atoms with Crippen LogP contribution in [0, 0.1) is 6.92 Å². The van der Waals surface area contributed by atoms with Crippen molar-refractivity contribution in [3.8, 4) is 22.9 Å². The zero-order chi connectivity index (χ0) is 14.7. The number of benzene rings is 2. The third-order valence-electron chi connectivity index (χ3n) is 3.12. The van der Waals surface area contributed by atoms with Crippen LogP contribution in [0.25, 0.3) is 5.69 Å². The summed E-state index contributed by atoms with van der Waals surface area (Å²) in [6.07, 6.45) is 3.55. The van der Waals surface area contributed by atoms with Crippen LogP contribution in [-0.2, 0) is 0 Å². The Morgan fingerprint density at radius 1 is 0.952 bits per heavy atom. The molecule has 3 aromatic rings. The molecular formula is C17H16N2O2. The maximum absolute atomic E-state index is 5.80. The van der Waals surface area contributed by atoms with E-state index in [2.05, 4.69) is 5.10 Å². The third-order valence-corrected chi connectivity index (χ3v) is 3.12. The van der Waals surface area contributed by atoms with Gasteiger partial charge in [0.1, 0.15) is 11.5 Å². The predicted molar refractivity (Wildman–Crippen MR) is 81.4 cm³/mol. The minimum atomic E-state index is 0.705. The second-order valence-corrected chi connectivity index (χ2v) is 4.74. The Balaban J connectivity index is 1.79. The molecule has 0 aliphatic carbocycles. The Morgan fingerprint density at radius 2 is 1.76 bits per heavy atom. The summed E-state index contributed by atoms with van der Waals surface area (Å²) in [6, 6.07) is 15.6. The van der Waals surface area contributed by atoms with Gasteiger partial charge in [0.15, 0.2) is 5.75 Å². The van der Waals surface area contributed by atoms with E-state index in [4.69, 9.17) is 9.47 Å². The van der Waals surface area contributed by atoms with Crippen molar-refractivity contribution >= 4 is 0 Å². The minimum Gasteiger partial charge on any atom is -0.497 e. The molecule has 2 aromatic carbocycles. The van der Waals surface area contributed by atoms with E-state index in [1.807, 2.05) is 61.7 Å². The van der Waals surface area contributed by atoms with Gasteiger partial charge in [0.2, 0.25) is 0 Å². The van der Waals surface area contributed by atoms with Crippen molar-refractivity contribution in [3.63, 3.8) is 0 Å². The van der Waals surface area contributed by atoms with Crippen LogP contribution >= 0.6 is 0 Å². The van der Waals surface area contributed by atoms with Crippen molar-refractivity contribution in [3.05, 3.63) is 66.5 Å². The van der Waals surface area contributed by atoms with Crippen LogP contribution in [0.5, 0.6) is 17.2 Å². The number of hydrogen-bond donors (Lipinski definition) is 0. The second-order valence-electron chi connectivity index (χ2n) is 4.74. The topological polar surface area (TPSA) is 36.3 Å². The lowest BCUT2D eigenvalue weighted by Gasteiger charge is -2.04. The summed E-state index contributed by atoms with van der Waals surface area (Å²) >= 11 is 0. The van der Waals surface area contributed by atoms with Crippen LogP contribution in [0.3, 0.4) is 0 Å². The molecule has 3 rings (SSSR count). The maximum Gasteiger partial charge on any atom is 0.165 e. The molecule has 0 amide bonds. The second kappa shape index (κ2) is 5.71. The van der Waals surface area contributed by atoms with E-state index >= 15 is 0 Å². The van der Waals surface area contributed by atoms with E-state index in [1.165, 1.54) is 0 Å². The highest BCUT2D eigenvalue weighted by Crippen LogP contribution is 2.23. The molecule has 4 nitrogen and oxygen atoms in total. The van der Waals surface area contributed by atoms with Gasteiger partial charge in [-0.15, -0.1) is 0 Å². The molecule has 0 aliphatic heterocycles. The summed E-state index contributed by atoms with van der Waals surface area (Å²) < 4.78 is 12.7. The fraction of sp³-hybridized carbons (Fsp3) is 0.118. The molecule has 0 radical (unpaired) electrons. The zero-order valence-corrected chi connectivity index (χ0v) is 12.0. The van der Waals surface area contributed by atoms with Crippen molar-refractivity contribution in [1.82, 2.24) is 9.78 Å². The molecule has 0 aliphatic rings. The van der Waals surface area contributed by atoms with Crippen molar-refractivity contribution in [2.45, 2.75) is 6.92 Å². The molecule has 1 aromatic heterocycles. The molecule has 4 heteroatoms. The molecule has 0 saturated heterocycles. The number of aryl methyl sites for hydroxylation is 1. The number of nitrogens with zero attached hydrogens (tertiary/aromatic N) is 2. The Morgan fingerprint density at radius 3 is 2.48 bits per heavy atom. The van der Waals surface area contributed by atoms with Crippen LogP contribution < -0.4 is 9.47 Å². The lowest BCUT2D eigenvalue weighted by Crippen LogP contribution is -1.93. The van der Waals surface area contributed by atoms with Gasteiger partial charge in [-0.3, -0.25) is 0 Å². The summed E-state index contributed by atoms with van der Waals surface area (Å²) in [5.74, 6) is 2.34. The monoisotopic (exact) mass is 280 g/mol. The highest BCUT2D eigenvalue weighted by atomic mass is 16.5. The molecular weight excluding hydrogens is 264 g/mol. The van der Waals surface area contributed by atoms with Crippen LogP contribution in [0.2, 0.25) is 0 Å². The van der Waals surface area contributed by atoms with E-state index in [-0.39, 0.29) is 0 Å². The number of hydrogen-bond acceptors (Lipinski definition) is 3. The number of methoxy groups -OCH3 is 1. The van der Waals surface area contributed by atoms with Gasteiger partial charge in [-0.1, -0.05) is 12.1 Å². The van der Waals surface area contributed by atoms with E-state index in [0.717, 1.165) is 22.7 Å². The molecule has 1 heterocycles. The molecule has 0 bridgehead atoms. The summed E-state index contributed by atoms with van der Waals surface area (Å²) in [4.78, 5) is 0. The highest BCUT2D eigenvalue weighted by Gasteiger charge is 2.04. The average Bonchev–Trinajstić information content (AvgIpc) is 2.96. The van der Waals surface area contributed by atoms with E-state index in [9.17, 15) is 0 Å². The molecule has 0 fully saturated rings. The van der Waals surface area contributed by atoms with Crippen LogP contribution in [0.1, 0.15) is 5.56 Å². The van der Waals surface area contributed by atoms with Gasteiger partial charge < -0.3 is 9.47 Å². The van der Waals surface area contributed by atoms with Crippen molar-refractivity contribution in [2.75, 3.05) is 7.11 Å². The standard InChI is InChI=1S/C17H16N2O2/c1-13-4-3-5-16(10-13)21-17-11-18-19(12-17)14-6-8-15(20-2)9-7-14/h3-12H,1-2H3.